The number of guanidine groups is 1. The summed E-state index contributed by atoms with van der Waals surface area (Å²) in [4.78, 5) is 7.03. The molecule has 1 unspecified atom stereocenters. The van der Waals surface area contributed by atoms with E-state index >= 15 is 0 Å². The molecule has 1 N–H and O–H groups in total. The van der Waals surface area contributed by atoms with Crippen molar-refractivity contribution in [3.8, 4) is 5.75 Å². The minimum atomic E-state index is -3.13. The second kappa shape index (κ2) is 12.6. The zero-order chi connectivity index (χ0) is 20.6. The Hall–Kier alpha value is -1.07. The maximum Gasteiger partial charge on any atom is 0.211 e. The fourth-order valence-electron chi connectivity index (χ4n) is 3.52. The molecule has 0 radical (unpaired) electrons. The van der Waals surface area contributed by atoms with Crippen LogP contribution < -0.4 is 10.1 Å². The van der Waals surface area contributed by atoms with E-state index in [9.17, 15) is 8.42 Å². The molecule has 9 heteroatoms. The van der Waals surface area contributed by atoms with Crippen LogP contribution in [-0.4, -0.2) is 76.2 Å². The molecule has 1 fully saturated rings. The molecule has 1 aliphatic heterocycles. The van der Waals surface area contributed by atoms with Crippen molar-refractivity contribution in [2.24, 2.45) is 4.99 Å². The topological polar surface area (TPSA) is 74.2 Å². The second-order valence-electron chi connectivity index (χ2n) is 7.05. The lowest BCUT2D eigenvalue weighted by molar-refractivity contribution is 0.414. The molecule has 0 aromatic heterocycles. The average molecular weight is 538 g/mol. The van der Waals surface area contributed by atoms with Crippen molar-refractivity contribution < 1.29 is 13.2 Å². The Bertz CT molecular complexity index is 741. The molecule has 29 heavy (non-hydrogen) atoms. The normalized spacial score (nSPS) is 17.3. The first-order valence-electron chi connectivity index (χ1n) is 10.0. The van der Waals surface area contributed by atoms with Crippen molar-refractivity contribution >= 4 is 40.0 Å². The number of nitrogens with zero attached hydrogens (tertiary/aromatic N) is 3. The minimum absolute atomic E-state index is 0. The van der Waals surface area contributed by atoms with Gasteiger partial charge in [-0.2, -0.15) is 0 Å². The molecule has 7 nitrogen and oxygen atoms in total. The molecular formula is C20H35IN4O3S. The van der Waals surface area contributed by atoms with Gasteiger partial charge in [-0.05, 0) is 37.5 Å². The maximum atomic E-state index is 11.7. The van der Waals surface area contributed by atoms with Crippen LogP contribution in [0.5, 0.6) is 5.75 Å². The van der Waals surface area contributed by atoms with Gasteiger partial charge in [0.1, 0.15) is 5.75 Å². The molecule has 0 amide bonds. The molecule has 0 bridgehead atoms. The molecule has 0 spiro atoms. The zero-order valence-electron chi connectivity index (χ0n) is 17.9. The molecule has 166 valence electrons. The largest absolute Gasteiger partial charge is 0.497 e. The number of ether oxygens (including phenoxy) is 1. The van der Waals surface area contributed by atoms with Crippen LogP contribution in [0.4, 0.5) is 0 Å². The summed E-state index contributed by atoms with van der Waals surface area (Å²) in [7, 11) is -1.45. The van der Waals surface area contributed by atoms with Crippen molar-refractivity contribution in [1.29, 1.82) is 0 Å². The molecule has 1 aromatic rings. The van der Waals surface area contributed by atoms with Crippen molar-refractivity contribution in [2.45, 2.75) is 32.6 Å². The predicted molar refractivity (Wildman–Crippen MR) is 130 cm³/mol. The van der Waals surface area contributed by atoms with Crippen LogP contribution in [0.2, 0.25) is 0 Å². The number of hydrogen-bond donors (Lipinski definition) is 1. The lowest BCUT2D eigenvalue weighted by Gasteiger charge is -2.22. The molecule has 1 aliphatic rings. The van der Waals surface area contributed by atoms with E-state index in [0.717, 1.165) is 37.8 Å². The number of sulfonamides is 1. The van der Waals surface area contributed by atoms with Gasteiger partial charge in [0.05, 0.1) is 13.4 Å². The van der Waals surface area contributed by atoms with E-state index in [1.807, 2.05) is 19.1 Å². The molecule has 2 rings (SSSR count). The number of nitrogens with one attached hydrogen (secondary N) is 1. The van der Waals surface area contributed by atoms with Crippen molar-refractivity contribution in [3.63, 3.8) is 0 Å². The van der Waals surface area contributed by atoms with Crippen LogP contribution >= 0.6 is 24.0 Å². The number of rotatable bonds is 9. The summed E-state index contributed by atoms with van der Waals surface area (Å²) < 4.78 is 30.1. The van der Waals surface area contributed by atoms with Crippen LogP contribution in [0.25, 0.3) is 0 Å². The van der Waals surface area contributed by atoms with Gasteiger partial charge in [0.15, 0.2) is 5.96 Å². The van der Waals surface area contributed by atoms with E-state index in [4.69, 9.17) is 9.73 Å². The first-order valence-corrected chi connectivity index (χ1v) is 11.9. The first-order chi connectivity index (χ1) is 13.4. The fraction of sp³-hybridized carbons (Fsp3) is 0.650. The quantitative estimate of drug-likeness (QED) is 0.227. The first kappa shape index (κ1) is 26.0. The summed E-state index contributed by atoms with van der Waals surface area (Å²) in [5.41, 5.74) is 1.32. The third kappa shape index (κ3) is 7.93. The number of halogens is 1. The third-order valence-electron chi connectivity index (χ3n) is 5.06. The highest BCUT2D eigenvalue weighted by atomic mass is 127. The molecule has 0 aliphatic carbocycles. The van der Waals surface area contributed by atoms with Gasteiger partial charge in [-0.3, -0.25) is 4.99 Å². The highest BCUT2D eigenvalue weighted by molar-refractivity contribution is 14.0. The van der Waals surface area contributed by atoms with Gasteiger partial charge in [-0.25, -0.2) is 12.7 Å². The summed E-state index contributed by atoms with van der Waals surface area (Å²) >= 11 is 0. The SMILES string of the molecule is CCNC(=NCCCN(CC)S(C)(=O)=O)N1CCC(c2ccc(OC)cc2)C1.I. The number of likely N-dealkylation sites (tertiary alicyclic amines) is 1. The van der Waals surface area contributed by atoms with Gasteiger partial charge >= 0.3 is 0 Å². The van der Waals surface area contributed by atoms with Gasteiger partial charge in [0, 0.05) is 45.2 Å². The molecular weight excluding hydrogens is 503 g/mol. The van der Waals surface area contributed by atoms with Crippen LogP contribution in [0.1, 0.15) is 38.2 Å². The lowest BCUT2D eigenvalue weighted by atomic mass is 9.98. The fourth-order valence-corrected chi connectivity index (χ4v) is 4.45. The zero-order valence-corrected chi connectivity index (χ0v) is 21.1. The van der Waals surface area contributed by atoms with Gasteiger partial charge in [0.2, 0.25) is 10.0 Å². The van der Waals surface area contributed by atoms with Crippen LogP contribution in [0.15, 0.2) is 29.3 Å². The average Bonchev–Trinajstić information content (AvgIpc) is 3.16. The minimum Gasteiger partial charge on any atom is -0.497 e. The number of aliphatic imine (C=N–C) groups is 1. The lowest BCUT2D eigenvalue weighted by Crippen LogP contribution is -2.40. The van der Waals surface area contributed by atoms with Crippen LogP contribution in [0.3, 0.4) is 0 Å². The molecule has 1 saturated heterocycles. The predicted octanol–water partition coefficient (Wildman–Crippen LogP) is 2.74. The molecule has 0 saturated carbocycles. The second-order valence-corrected chi connectivity index (χ2v) is 9.03. The van der Waals surface area contributed by atoms with E-state index in [-0.39, 0.29) is 24.0 Å². The van der Waals surface area contributed by atoms with Gasteiger partial charge < -0.3 is 15.0 Å². The van der Waals surface area contributed by atoms with Crippen LogP contribution in [0, 0.1) is 0 Å². The summed E-state index contributed by atoms with van der Waals surface area (Å²) in [6, 6.07) is 8.31. The van der Waals surface area contributed by atoms with Gasteiger partial charge in [-0.1, -0.05) is 19.1 Å². The third-order valence-corrected chi connectivity index (χ3v) is 6.44. The molecule has 1 atom stereocenters. The highest BCUT2D eigenvalue weighted by Gasteiger charge is 2.26. The number of benzene rings is 1. The standard InChI is InChI=1S/C20H34N4O3S.HI/c1-5-21-20(22-13-7-14-24(6-2)28(4,25)26)23-15-12-18(16-23)17-8-10-19(27-3)11-9-17;/h8-11,18H,5-7,12-16H2,1-4H3,(H,21,22);1H. The van der Waals surface area contributed by atoms with Crippen LogP contribution in [-0.2, 0) is 10.0 Å². The van der Waals surface area contributed by atoms with E-state index in [0.29, 0.717) is 32.0 Å². The van der Waals surface area contributed by atoms with Crippen molar-refractivity contribution in [1.82, 2.24) is 14.5 Å². The number of hydrogen-bond acceptors (Lipinski definition) is 4. The summed E-state index contributed by atoms with van der Waals surface area (Å²) in [6.07, 6.45) is 3.06. The summed E-state index contributed by atoms with van der Waals surface area (Å²) in [6.45, 7) is 8.25. The van der Waals surface area contributed by atoms with E-state index < -0.39 is 10.0 Å². The maximum absolute atomic E-state index is 11.7. The Kier molecular flexibility index (Phi) is 11.3. The smallest absolute Gasteiger partial charge is 0.211 e. The van der Waals surface area contributed by atoms with E-state index in [1.54, 1.807) is 7.11 Å². The molecule has 1 heterocycles. The van der Waals surface area contributed by atoms with E-state index in [1.165, 1.54) is 16.1 Å². The Morgan fingerprint density at radius 1 is 1.31 bits per heavy atom. The van der Waals surface area contributed by atoms with Crippen molar-refractivity contribution in [2.75, 3.05) is 52.6 Å². The Morgan fingerprint density at radius 2 is 2.00 bits per heavy atom. The van der Waals surface area contributed by atoms with Gasteiger partial charge in [0.25, 0.3) is 0 Å². The van der Waals surface area contributed by atoms with Crippen molar-refractivity contribution in [3.05, 3.63) is 29.8 Å². The molecule has 1 aromatic carbocycles. The Morgan fingerprint density at radius 3 is 2.55 bits per heavy atom. The Labute approximate surface area is 193 Å². The monoisotopic (exact) mass is 538 g/mol. The van der Waals surface area contributed by atoms with Gasteiger partial charge in [-0.15, -0.1) is 24.0 Å². The van der Waals surface area contributed by atoms with E-state index in [2.05, 4.69) is 29.3 Å². The summed E-state index contributed by atoms with van der Waals surface area (Å²) in [5, 5.41) is 3.37. The Balaban J connectivity index is 0.00000420. The summed E-state index contributed by atoms with van der Waals surface area (Å²) in [5.74, 6) is 2.28. The highest BCUT2D eigenvalue weighted by Crippen LogP contribution is 2.28. The number of methoxy groups -OCH3 is 1.